The van der Waals surface area contributed by atoms with Gasteiger partial charge in [0.05, 0.1) is 13.6 Å². The summed E-state index contributed by atoms with van der Waals surface area (Å²) in [5, 5.41) is 0. The smallest absolute Gasteiger partial charge is 0.330 e. The van der Waals surface area contributed by atoms with E-state index in [-0.39, 0.29) is 12.2 Å². The molecule has 11 nitrogen and oxygen atoms in total. The molecular weight excluding hydrogens is 440 g/mol. The van der Waals surface area contributed by atoms with Crippen molar-refractivity contribution in [3.05, 3.63) is 38.3 Å². The Balaban J connectivity index is 2.54. The maximum Gasteiger partial charge on any atom is 0.330 e. The van der Waals surface area contributed by atoms with Gasteiger partial charge in [0.25, 0.3) is 5.56 Å². The molecule has 0 unspecified atom stereocenters. The van der Waals surface area contributed by atoms with Crippen LogP contribution in [0.3, 0.4) is 0 Å². The summed E-state index contributed by atoms with van der Waals surface area (Å²) < 4.78 is 22.5. The molecular formula is C20H28N2O9Si. The second-order valence-electron chi connectivity index (χ2n) is 8.47. The quantitative estimate of drug-likeness (QED) is 0.348. The molecule has 1 aliphatic rings. The van der Waals surface area contributed by atoms with Gasteiger partial charge in [0.2, 0.25) is 0 Å². The van der Waals surface area contributed by atoms with Crippen LogP contribution in [0.2, 0.25) is 19.6 Å². The number of ether oxygens (including phenoxy) is 4. The minimum absolute atomic E-state index is 0.199. The van der Waals surface area contributed by atoms with Gasteiger partial charge in [0, 0.05) is 27.0 Å². The maximum absolute atomic E-state index is 12.6. The van der Waals surface area contributed by atoms with Crippen LogP contribution >= 0.6 is 0 Å². The molecule has 1 aromatic heterocycles. The monoisotopic (exact) mass is 468 g/mol. The van der Waals surface area contributed by atoms with Crippen LogP contribution in [-0.2, 0) is 33.3 Å². The van der Waals surface area contributed by atoms with E-state index in [1.807, 2.05) is 5.70 Å². The molecule has 1 aromatic rings. The second kappa shape index (κ2) is 10.1. The van der Waals surface area contributed by atoms with Gasteiger partial charge in [-0.15, -0.1) is 0 Å². The van der Waals surface area contributed by atoms with E-state index in [0.717, 1.165) is 18.4 Å². The van der Waals surface area contributed by atoms with Crippen LogP contribution in [0.4, 0.5) is 0 Å². The lowest BCUT2D eigenvalue weighted by atomic mass is 10.1. The zero-order valence-corrected chi connectivity index (χ0v) is 19.9. The Labute approximate surface area is 185 Å². The van der Waals surface area contributed by atoms with Gasteiger partial charge in [0.1, 0.15) is 12.7 Å². The van der Waals surface area contributed by atoms with E-state index >= 15 is 0 Å². The number of hydrogen-bond donors (Lipinski definition) is 1. The number of esters is 3. The highest BCUT2D eigenvalue weighted by molar-refractivity contribution is 6.81. The normalized spacial score (nSPS) is 23.2. The highest BCUT2D eigenvalue weighted by atomic mass is 28.3. The summed E-state index contributed by atoms with van der Waals surface area (Å²) in [5.41, 5.74) is 0.730. The molecule has 1 saturated heterocycles. The molecule has 0 bridgehead atoms. The van der Waals surface area contributed by atoms with E-state index in [9.17, 15) is 24.0 Å². The molecule has 32 heavy (non-hydrogen) atoms. The number of aromatic amines is 1. The molecule has 0 spiro atoms. The average Bonchev–Trinajstić information content (AvgIpc) is 2.94. The van der Waals surface area contributed by atoms with Crippen molar-refractivity contribution >= 4 is 32.1 Å². The molecule has 0 aliphatic carbocycles. The molecule has 4 atom stereocenters. The minimum Gasteiger partial charge on any atom is -0.463 e. The highest BCUT2D eigenvalue weighted by Crippen LogP contribution is 2.33. The first kappa shape index (κ1) is 25.3. The first-order valence-corrected chi connectivity index (χ1v) is 13.5. The van der Waals surface area contributed by atoms with Gasteiger partial charge in [-0.1, -0.05) is 31.4 Å². The molecule has 0 amide bonds. The summed E-state index contributed by atoms with van der Waals surface area (Å²) in [7, 11) is -1.65. The third-order valence-corrected chi connectivity index (χ3v) is 5.54. The van der Waals surface area contributed by atoms with Crippen molar-refractivity contribution in [2.24, 2.45) is 0 Å². The zero-order chi connectivity index (χ0) is 24.2. The Morgan fingerprint density at radius 2 is 1.66 bits per heavy atom. The second-order valence-corrected chi connectivity index (χ2v) is 13.5. The maximum atomic E-state index is 12.6. The molecule has 12 heteroatoms. The third kappa shape index (κ3) is 6.75. The van der Waals surface area contributed by atoms with Crippen molar-refractivity contribution in [3.8, 4) is 0 Å². The third-order valence-electron chi connectivity index (χ3n) is 4.37. The van der Waals surface area contributed by atoms with Gasteiger partial charge in [-0.25, -0.2) is 4.79 Å². The fourth-order valence-corrected chi connectivity index (χ4v) is 3.74. The number of nitrogens with zero attached hydrogens (tertiary/aromatic N) is 1. The largest absolute Gasteiger partial charge is 0.463 e. The summed E-state index contributed by atoms with van der Waals surface area (Å²) in [6.45, 7) is 9.43. The fourth-order valence-electron chi connectivity index (χ4n) is 3.07. The first-order valence-electron chi connectivity index (χ1n) is 9.96. The molecule has 1 N–H and O–H groups in total. The van der Waals surface area contributed by atoms with Gasteiger partial charge in [-0.2, -0.15) is 0 Å². The van der Waals surface area contributed by atoms with Gasteiger partial charge in [-0.3, -0.25) is 28.7 Å². The number of nitrogens with one attached hydrogen (secondary N) is 1. The van der Waals surface area contributed by atoms with Crippen LogP contribution in [0.1, 0.15) is 32.6 Å². The highest BCUT2D eigenvalue weighted by Gasteiger charge is 2.51. The van der Waals surface area contributed by atoms with Crippen LogP contribution in [0.5, 0.6) is 0 Å². The molecule has 0 saturated carbocycles. The zero-order valence-electron chi connectivity index (χ0n) is 18.9. The number of aromatic nitrogens is 2. The number of hydrogen-bond acceptors (Lipinski definition) is 9. The lowest BCUT2D eigenvalue weighted by molar-refractivity contribution is -0.166. The van der Waals surface area contributed by atoms with Crippen LogP contribution in [0, 0.1) is 0 Å². The van der Waals surface area contributed by atoms with Gasteiger partial charge in [-0.05, 0) is 0 Å². The number of carbonyl (C=O) groups is 3. The van der Waals surface area contributed by atoms with E-state index in [1.165, 1.54) is 13.1 Å². The van der Waals surface area contributed by atoms with Crippen molar-refractivity contribution in [1.82, 2.24) is 9.55 Å². The average molecular weight is 469 g/mol. The molecule has 2 rings (SSSR count). The van der Waals surface area contributed by atoms with Crippen molar-refractivity contribution < 1.29 is 33.3 Å². The molecule has 176 valence electrons. The number of rotatable bonds is 7. The van der Waals surface area contributed by atoms with Crippen LogP contribution in [0.15, 0.2) is 21.5 Å². The van der Waals surface area contributed by atoms with Crippen LogP contribution in [-0.4, -0.2) is 60.5 Å². The van der Waals surface area contributed by atoms with E-state index in [2.05, 4.69) is 24.6 Å². The van der Waals surface area contributed by atoms with Gasteiger partial charge in [0.15, 0.2) is 18.4 Å². The van der Waals surface area contributed by atoms with Crippen LogP contribution < -0.4 is 11.2 Å². The summed E-state index contributed by atoms with van der Waals surface area (Å²) >= 11 is 0. The predicted octanol–water partition coefficient (Wildman–Crippen LogP) is 0.751. The van der Waals surface area contributed by atoms with Crippen molar-refractivity contribution in [2.45, 2.75) is 65.0 Å². The van der Waals surface area contributed by atoms with E-state index in [1.54, 1.807) is 6.08 Å². The molecule has 2 heterocycles. The summed E-state index contributed by atoms with van der Waals surface area (Å²) in [6, 6.07) is 0. The Morgan fingerprint density at radius 1 is 1.06 bits per heavy atom. The lowest BCUT2D eigenvalue weighted by Gasteiger charge is -2.24. The summed E-state index contributed by atoms with van der Waals surface area (Å²) in [5.74, 6) is -1.98. The summed E-state index contributed by atoms with van der Waals surface area (Å²) in [4.78, 5) is 61.7. The SMILES string of the molecule is CC(=O)OC[C@H]1O[C@@H](n2cc(/C=C\[Si](C)(C)C)c(=O)[nH]c2=O)[C@@H](OC(C)=O)[C@@H]1OC(C)=O. The first-order chi connectivity index (χ1) is 14.8. The van der Waals surface area contributed by atoms with Crippen molar-refractivity contribution in [3.63, 3.8) is 0 Å². The molecule has 1 aliphatic heterocycles. The van der Waals surface area contributed by atoms with E-state index in [4.69, 9.17) is 18.9 Å². The summed E-state index contributed by atoms with van der Waals surface area (Å²) in [6.07, 6.45) is -1.73. The van der Waals surface area contributed by atoms with Gasteiger partial charge < -0.3 is 18.9 Å². The van der Waals surface area contributed by atoms with Crippen molar-refractivity contribution in [1.29, 1.82) is 0 Å². The lowest BCUT2D eigenvalue weighted by Crippen LogP contribution is -2.42. The molecule has 0 radical (unpaired) electrons. The Kier molecular flexibility index (Phi) is 7.96. The Hall–Kier alpha value is -2.99. The topological polar surface area (TPSA) is 143 Å². The standard InChI is InChI=1S/C20H28N2O9Si/c1-11(23)28-10-15-16(29-12(2)24)17(30-13(3)25)19(31-15)22-9-14(7-8-32(4,5)6)18(26)21-20(22)27/h7-9,15-17,19H,10H2,1-6H3,(H,21,26,27)/b8-7-/t15-,16-,17+,19-/m1/s1. The number of H-pyrrole nitrogens is 1. The Bertz CT molecular complexity index is 1020. The molecule has 1 fully saturated rings. The van der Waals surface area contributed by atoms with Gasteiger partial charge >= 0.3 is 23.6 Å². The number of carbonyl (C=O) groups excluding carboxylic acids is 3. The van der Waals surface area contributed by atoms with Crippen molar-refractivity contribution in [2.75, 3.05) is 6.61 Å². The Morgan fingerprint density at radius 3 is 2.19 bits per heavy atom. The van der Waals surface area contributed by atoms with E-state index < -0.39 is 61.8 Å². The minimum atomic E-state index is -1.65. The molecule has 0 aromatic carbocycles. The fraction of sp³-hybridized carbons (Fsp3) is 0.550. The van der Waals surface area contributed by atoms with E-state index in [0.29, 0.717) is 0 Å². The van der Waals surface area contributed by atoms with Crippen LogP contribution in [0.25, 0.3) is 6.08 Å². The predicted molar refractivity (Wildman–Crippen MR) is 115 cm³/mol.